The molecule has 1 heterocycles. The van der Waals surface area contributed by atoms with Crippen LogP contribution in [0.1, 0.15) is 31.4 Å². The number of rotatable bonds is 5. The summed E-state index contributed by atoms with van der Waals surface area (Å²) in [5.74, 6) is 1.55. The summed E-state index contributed by atoms with van der Waals surface area (Å²) in [5.41, 5.74) is 4.20. The van der Waals surface area contributed by atoms with Crippen LogP contribution in [0.2, 0.25) is 0 Å². The Bertz CT molecular complexity index is 412. The molecule has 2 rings (SSSR count). The van der Waals surface area contributed by atoms with E-state index < -0.39 is 0 Å². The van der Waals surface area contributed by atoms with E-state index in [2.05, 4.69) is 56.1 Å². The molecule has 1 N–H and O–H groups in total. The molecule has 1 saturated heterocycles. The van der Waals surface area contributed by atoms with Crippen LogP contribution < -0.4 is 10.2 Å². The molecule has 1 aromatic carbocycles. The number of nitrogens with zero attached hydrogens (tertiary/aromatic N) is 1. The number of anilines is 1. The Balaban J connectivity index is 1.87. The molecule has 1 unspecified atom stereocenters. The van der Waals surface area contributed by atoms with Crippen LogP contribution in [-0.2, 0) is 0 Å². The van der Waals surface area contributed by atoms with Crippen LogP contribution in [0.5, 0.6) is 0 Å². The lowest BCUT2D eigenvalue weighted by atomic mass is 10.1. The van der Waals surface area contributed by atoms with Gasteiger partial charge >= 0.3 is 0 Å². The zero-order valence-corrected chi connectivity index (χ0v) is 12.9. The quantitative estimate of drug-likeness (QED) is 0.873. The molecular formula is C17H28N2. The molecule has 2 heteroatoms. The van der Waals surface area contributed by atoms with Crippen LogP contribution in [0.3, 0.4) is 0 Å². The molecule has 2 nitrogen and oxygen atoms in total. The number of nitrogens with one attached hydrogen (secondary N) is 1. The topological polar surface area (TPSA) is 15.3 Å². The van der Waals surface area contributed by atoms with Gasteiger partial charge in [0.25, 0.3) is 0 Å². The van der Waals surface area contributed by atoms with Crippen molar-refractivity contribution in [2.45, 2.75) is 34.1 Å². The first kappa shape index (κ1) is 14.4. The summed E-state index contributed by atoms with van der Waals surface area (Å²) in [7, 11) is 0. The average Bonchev–Trinajstić information content (AvgIpc) is 2.77. The van der Waals surface area contributed by atoms with Gasteiger partial charge in [-0.05, 0) is 56.8 Å². The van der Waals surface area contributed by atoms with Gasteiger partial charge in [0, 0.05) is 18.8 Å². The van der Waals surface area contributed by atoms with Gasteiger partial charge in [0.05, 0.1) is 0 Å². The summed E-state index contributed by atoms with van der Waals surface area (Å²) in [6, 6.07) is 6.81. The number of benzene rings is 1. The van der Waals surface area contributed by atoms with Crippen LogP contribution in [0.25, 0.3) is 0 Å². The molecule has 0 aromatic heterocycles. The Kier molecular flexibility index (Phi) is 4.87. The van der Waals surface area contributed by atoms with Gasteiger partial charge in [-0.2, -0.15) is 0 Å². The molecule has 19 heavy (non-hydrogen) atoms. The third-order valence-electron chi connectivity index (χ3n) is 3.96. The smallest absolute Gasteiger partial charge is 0.0396 e. The van der Waals surface area contributed by atoms with Gasteiger partial charge in [0.2, 0.25) is 0 Å². The Labute approximate surface area is 118 Å². The Morgan fingerprint density at radius 2 is 2.11 bits per heavy atom. The lowest BCUT2D eigenvalue weighted by Crippen LogP contribution is -2.28. The summed E-state index contributed by atoms with van der Waals surface area (Å²) in [6.45, 7) is 13.6. The van der Waals surface area contributed by atoms with Gasteiger partial charge < -0.3 is 10.2 Å². The zero-order valence-electron chi connectivity index (χ0n) is 12.9. The van der Waals surface area contributed by atoms with Crippen molar-refractivity contribution in [3.8, 4) is 0 Å². The molecule has 0 radical (unpaired) electrons. The first-order chi connectivity index (χ1) is 9.06. The fourth-order valence-corrected chi connectivity index (χ4v) is 2.95. The second kappa shape index (κ2) is 6.42. The second-order valence-electron chi connectivity index (χ2n) is 6.44. The van der Waals surface area contributed by atoms with E-state index in [0.29, 0.717) is 0 Å². The lowest BCUT2D eigenvalue weighted by Gasteiger charge is -2.21. The fraction of sp³-hybridized carbons (Fsp3) is 0.647. The summed E-state index contributed by atoms with van der Waals surface area (Å²) >= 11 is 0. The molecule has 1 aliphatic heterocycles. The van der Waals surface area contributed by atoms with Gasteiger partial charge in [-0.15, -0.1) is 0 Å². The second-order valence-corrected chi connectivity index (χ2v) is 6.44. The highest BCUT2D eigenvalue weighted by Crippen LogP contribution is 2.27. The third-order valence-corrected chi connectivity index (χ3v) is 3.96. The molecule has 0 spiro atoms. The normalized spacial score (nSPS) is 19.4. The van der Waals surface area contributed by atoms with E-state index in [-0.39, 0.29) is 0 Å². The van der Waals surface area contributed by atoms with Crippen molar-refractivity contribution in [3.63, 3.8) is 0 Å². The van der Waals surface area contributed by atoms with Crippen LogP contribution in [0.15, 0.2) is 18.2 Å². The molecule has 1 aromatic rings. The molecule has 1 fully saturated rings. The van der Waals surface area contributed by atoms with E-state index in [0.717, 1.165) is 18.4 Å². The summed E-state index contributed by atoms with van der Waals surface area (Å²) < 4.78 is 0. The van der Waals surface area contributed by atoms with E-state index >= 15 is 0 Å². The monoisotopic (exact) mass is 260 g/mol. The minimum Gasteiger partial charge on any atom is -0.371 e. The molecule has 0 amide bonds. The maximum atomic E-state index is 3.60. The Hall–Kier alpha value is -1.02. The van der Waals surface area contributed by atoms with Gasteiger partial charge in [0.1, 0.15) is 0 Å². The first-order valence-corrected chi connectivity index (χ1v) is 7.59. The fourth-order valence-electron chi connectivity index (χ4n) is 2.95. The van der Waals surface area contributed by atoms with E-state index in [4.69, 9.17) is 0 Å². The number of hydrogen-bond acceptors (Lipinski definition) is 2. The van der Waals surface area contributed by atoms with Gasteiger partial charge in [0.15, 0.2) is 0 Å². The van der Waals surface area contributed by atoms with Crippen molar-refractivity contribution in [1.29, 1.82) is 0 Å². The third kappa shape index (κ3) is 3.97. The molecule has 1 atom stereocenters. The van der Waals surface area contributed by atoms with Crippen molar-refractivity contribution < 1.29 is 0 Å². The van der Waals surface area contributed by atoms with Crippen LogP contribution in [0.4, 0.5) is 5.69 Å². The standard InChI is InChI=1S/C17H28N2/c1-13(2)10-18-11-16-7-8-19(12-16)17-6-5-14(3)9-15(17)4/h5-6,9,13,16,18H,7-8,10-12H2,1-4H3. The lowest BCUT2D eigenvalue weighted by molar-refractivity contribution is 0.477. The predicted octanol–water partition coefficient (Wildman–Crippen LogP) is 3.38. The first-order valence-electron chi connectivity index (χ1n) is 7.59. The summed E-state index contributed by atoms with van der Waals surface area (Å²) in [6.07, 6.45) is 1.32. The van der Waals surface area contributed by atoms with Crippen molar-refractivity contribution in [2.24, 2.45) is 11.8 Å². The highest BCUT2D eigenvalue weighted by atomic mass is 15.2. The maximum Gasteiger partial charge on any atom is 0.0396 e. The Morgan fingerprint density at radius 1 is 1.32 bits per heavy atom. The zero-order chi connectivity index (χ0) is 13.8. The molecule has 0 saturated carbocycles. The highest BCUT2D eigenvalue weighted by Gasteiger charge is 2.23. The SMILES string of the molecule is Cc1ccc(N2CCC(CNCC(C)C)C2)c(C)c1. The van der Waals surface area contributed by atoms with Gasteiger partial charge in [-0.25, -0.2) is 0 Å². The Morgan fingerprint density at radius 3 is 2.79 bits per heavy atom. The van der Waals surface area contributed by atoms with Gasteiger partial charge in [-0.1, -0.05) is 31.5 Å². The number of hydrogen-bond donors (Lipinski definition) is 1. The van der Waals surface area contributed by atoms with E-state index in [9.17, 15) is 0 Å². The van der Waals surface area contributed by atoms with Crippen molar-refractivity contribution in [3.05, 3.63) is 29.3 Å². The number of aryl methyl sites for hydroxylation is 2. The highest BCUT2D eigenvalue weighted by molar-refractivity contribution is 5.55. The van der Waals surface area contributed by atoms with Crippen LogP contribution in [0, 0.1) is 25.7 Å². The minimum absolute atomic E-state index is 0.747. The average molecular weight is 260 g/mol. The van der Waals surface area contributed by atoms with Gasteiger partial charge in [-0.3, -0.25) is 0 Å². The minimum atomic E-state index is 0.747. The van der Waals surface area contributed by atoms with Crippen LogP contribution >= 0.6 is 0 Å². The maximum absolute atomic E-state index is 3.60. The van der Waals surface area contributed by atoms with Crippen molar-refractivity contribution >= 4 is 5.69 Å². The molecular weight excluding hydrogens is 232 g/mol. The largest absolute Gasteiger partial charge is 0.371 e. The van der Waals surface area contributed by atoms with E-state index in [1.807, 2.05) is 0 Å². The van der Waals surface area contributed by atoms with Crippen molar-refractivity contribution in [1.82, 2.24) is 5.32 Å². The predicted molar refractivity (Wildman–Crippen MR) is 83.9 cm³/mol. The van der Waals surface area contributed by atoms with Crippen molar-refractivity contribution in [2.75, 3.05) is 31.1 Å². The molecule has 0 aliphatic carbocycles. The summed E-state index contributed by atoms with van der Waals surface area (Å²) in [5, 5.41) is 3.60. The molecule has 0 bridgehead atoms. The molecule has 1 aliphatic rings. The van der Waals surface area contributed by atoms with E-state index in [1.165, 1.54) is 42.9 Å². The summed E-state index contributed by atoms with van der Waals surface area (Å²) in [4.78, 5) is 2.55. The van der Waals surface area contributed by atoms with E-state index in [1.54, 1.807) is 0 Å². The van der Waals surface area contributed by atoms with Crippen LogP contribution in [-0.4, -0.2) is 26.2 Å². The molecule has 106 valence electrons.